The number of pyridine rings is 1. The Bertz CT molecular complexity index is 514. The Morgan fingerprint density at radius 3 is 2.81 bits per heavy atom. The Hall–Kier alpha value is -1.74. The SMILES string of the molecule is Cc1c(O)cccc1Oc1ncccc1Cl. The molecule has 0 spiro atoms. The number of hydrogen-bond acceptors (Lipinski definition) is 3. The van der Waals surface area contributed by atoms with E-state index in [1.807, 2.05) is 0 Å². The molecule has 1 heterocycles. The van der Waals surface area contributed by atoms with Crippen LogP contribution in [0.5, 0.6) is 17.4 Å². The molecule has 3 nitrogen and oxygen atoms in total. The van der Waals surface area contributed by atoms with Crippen LogP contribution in [-0.4, -0.2) is 10.1 Å². The van der Waals surface area contributed by atoms with Crippen LogP contribution < -0.4 is 4.74 Å². The van der Waals surface area contributed by atoms with E-state index in [1.54, 1.807) is 43.5 Å². The second-order valence-electron chi connectivity index (χ2n) is 3.29. The van der Waals surface area contributed by atoms with Crippen molar-refractivity contribution in [1.29, 1.82) is 0 Å². The number of hydrogen-bond donors (Lipinski definition) is 1. The average Bonchev–Trinajstić information content (AvgIpc) is 2.28. The summed E-state index contributed by atoms with van der Waals surface area (Å²) in [7, 11) is 0. The van der Waals surface area contributed by atoms with E-state index in [0.29, 0.717) is 22.2 Å². The normalized spacial score (nSPS) is 10.1. The largest absolute Gasteiger partial charge is 0.508 e. The molecule has 16 heavy (non-hydrogen) atoms. The van der Waals surface area contributed by atoms with E-state index in [1.165, 1.54) is 0 Å². The molecule has 0 unspecified atom stereocenters. The molecule has 1 N–H and O–H groups in total. The first-order valence-corrected chi connectivity index (χ1v) is 5.13. The van der Waals surface area contributed by atoms with E-state index in [9.17, 15) is 5.11 Å². The quantitative estimate of drug-likeness (QED) is 0.866. The Balaban J connectivity index is 2.35. The molecule has 0 amide bonds. The fraction of sp³-hybridized carbons (Fsp3) is 0.0833. The first-order valence-electron chi connectivity index (χ1n) is 4.75. The zero-order valence-corrected chi connectivity index (χ0v) is 9.40. The van der Waals surface area contributed by atoms with Gasteiger partial charge in [-0.15, -0.1) is 0 Å². The smallest absolute Gasteiger partial charge is 0.238 e. The lowest BCUT2D eigenvalue weighted by molar-refractivity contribution is 0.439. The third-order valence-electron chi connectivity index (χ3n) is 2.19. The van der Waals surface area contributed by atoms with Gasteiger partial charge in [-0.3, -0.25) is 0 Å². The van der Waals surface area contributed by atoms with Crippen molar-refractivity contribution >= 4 is 11.6 Å². The molecule has 0 saturated carbocycles. The van der Waals surface area contributed by atoms with Crippen LogP contribution in [-0.2, 0) is 0 Å². The highest BCUT2D eigenvalue weighted by atomic mass is 35.5. The van der Waals surface area contributed by atoms with Crippen molar-refractivity contribution < 1.29 is 9.84 Å². The summed E-state index contributed by atoms with van der Waals surface area (Å²) in [6.45, 7) is 1.77. The molecule has 2 aromatic rings. The summed E-state index contributed by atoms with van der Waals surface area (Å²) in [6.07, 6.45) is 1.60. The van der Waals surface area contributed by atoms with Crippen LogP contribution in [0.2, 0.25) is 5.02 Å². The number of ether oxygens (including phenoxy) is 1. The molecule has 0 atom stereocenters. The summed E-state index contributed by atoms with van der Waals surface area (Å²) in [5, 5.41) is 9.95. The van der Waals surface area contributed by atoms with Gasteiger partial charge < -0.3 is 9.84 Å². The lowest BCUT2D eigenvalue weighted by atomic mass is 10.2. The van der Waals surface area contributed by atoms with Crippen molar-refractivity contribution in [2.45, 2.75) is 6.92 Å². The summed E-state index contributed by atoms with van der Waals surface area (Å²) >= 11 is 5.92. The van der Waals surface area contributed by atoms with Gasteiger partial charge in [-0.05, 0) is 31.2 Å². The number of halogens is 1. The number of aromatic nitrogens is 1. The summed E-state index contributed by atoms with van der Waals surface area (Å²) < 4.78 is 5.52. The second kappa shape index (κ2) is 4.41. The number of phenolic OH excluding ortho intramolecular Hbond substituents is 1. The van der Waals surface area contributed by atoms with E-state index < -0.39 is 0 Å². The first kappa shape index (κ1) is 10.8. The van der Waals surface area contributed by atoms with Gasteiger partial charge >= 0.3 is 0 Å². The van der Waals surface area contributed by atoms with Crippen LogP contribution in [0.3, 0.4) is 0 Å². The topological polar surface area (TPSA) is 42.4 Å². The summed E-state index contributed by atoms with van der Waals surface area (Å²) in [5.74, 6) is 1.06. The molecule has 1 aromatic carbocycles. The highest BCUT2D eigenvalue weighted by Crippen LogP contribution is 2.32. The molecule has 0 fully saturated rings. The van der Waals surface area contributed by atoms with Gasteiger partial charge in [0, 0.05) is 11.8 Å². The molecule has 0 aliphatic heterocycles. The van der Waals surface area contributed by atoms with Gasteiger partial charge in [-0.25, -0.2) is 4.98 Å². The molecule has 0 saturated heterocycles. The van der Waals surface area contributed by atoms with E-state index >= 15 is 0 Å². The summed E-state index contributed by atoms with van der Waals surface area (Å²) in [6, 6.07) is 8.48. The lowest BCUT2D eigenvalue weighted by Gasteiger charge is -2.09. The highest BCUT2D eigenvalue weighted by molar-refractivity contribution is 6.31. The van der Waals surface area contributed by atoms with E-state index in [-0.39, 0.29) is 5.75 Å². The maximum Gasteiger partial charge on any atom is 0.238 e. The third-order valence-corrected chi connectivity index (χ3v) is 2.47. The Kier molecular flexibility index (Phi) is 2.97. The standard InChI is InChI=1S/C12H10ClNO2/c1-8-10(15)5-2-6-11(8)16-12-9(13)4-3-7-14-12/h2-7,15H,1H3. The van der Waals surface area contributed by atoms with Crippen LogP contribution in [0, 0.1) is 6.92 Å². The fourth-order valence-electron chi connectivity index (χ4n) is 1.26. The summed E-state index contributed by atoms with van der Waals surface area (Å²) in [5.41, 5.74) is 0.657. The predicted molar refractivity (Wildman–Crippen MR) is 62.2 cm³/mol. The molecule has 0 aliphatic rings. The monoisotopic (exact) mass is 235 g/mol. The van der Waals surface area contributed by atoms with E-state index in [2.05, 4.69) is 4.98 Å². The third kappa shape index (κ3) is 2.09. The Labute approximate surface area is 98.3 Å². The Morgan fingerprint density at radius 1 is 1.25 bits per heavy atom. The van der Waals surface area contributed by atoms with Crippen LogP contribution in [0.15, 0.2) is 36.5 Å². The van der Waals surface area contributed by atoms with E-state index in [4.69, 9.17) is 16.3 Å². The van der Waals surface area contributed by atoms with Gasteiger partial charge in [0.2, 0.25) is 5.88 Å². The van der Waals surface area contributed by atoms with E-state index in [0.717, 1.165) is 0 Å². The zero-order chi connectivity index (χ0) is 11.5. The van der Waals surface area contributed by atoms with Crippen molar-refractivity contribution in [3.63, 3.8) is 0 Å². The van der Waals surface area contributed by atoms with Gasteiger partial charge in [0.15, 0.2) is 0 Å². The number of benzene rings is 1. The van der Waals surface area contributed by atoms with Crippen LogP contribution in [0.25, 0.3) is 0 Å². The van der Waals surface area contributed by atoms with Crippen LogP contribution >= 0.6 is 11.6 Å². The maximum atomic E-state index is 9.51. The minimum absolute atomic E-state index is 0.185. The Morgan fingerprint density at radius 2 is 2.06 bits per heavy atom. The molecule has 82 valence electrons. The molecular weight excluding hydrogens is 226 g/mol. The van der Waals surface area contributed by atoms with Crippen molar-refractivity contribution in [1.82, 2.24) is 4.98 Å². The second-order valence-corrected chi connectivity index (χ2v) is 3.70. The van der Waals surface area contributed by atoms with Gasteiger partial charge in [-0.1, -0.05) is 17.7 Å². The zero-order valence-electron chi connectivity index (χ0n) is 8.64. The van der Waals surface area contributed by atoms with Crippen LogP contribution in [0.4, 0.5) is 0 Å². The predicted octanol–water partition coefficient (Wildman–Crippen LogP) is 3.54. The van der Waals surface area contributed by atoms with Crippen molar-refractivity contribution in [2.75, 3.05) is 0 Å². The molecule has 0 bridgehead atoms. The minimum atomic E-state index is 0.185. The minimum Gasteiger partial charge on any atom is -0.508 e. The number of rotatable bonds is 2. The number of nitrogens with zero attached hydrogens (tertiary/aromatic N) is 1. The highest BCUT2D eigenvalue weighted by Gasteiger charge is 2.08. The van der Waals surface area contributed by atoms with Gasteiger partial charge in [0.1, 0.15) is 16.5 Å². The fourth-order valence-corrected chi connectivity index (χ4v) is 1.42. The number of aromatic hydroxyl groups is 1. The molecule has 4 heteroatoms. The molecular formula is C12H10ClNO2. The number of phenols is 1. The molecule has 2 rings (SSSR count). The molecule has 1 aromatic heterocycles. The van der Waals surface area contributed by atoms with Crippen molar-refractivity contribution in [3.8, 4) is 17.4 Å². The average molecular weight is 236 g/mol. The molecule has 0 radical (unpaired) electrons. The van der Waals surface area contributed by atoms with Gasteiger partial charge in [0.25, 0.3) is 0 Å². The van der Waals surface area contributed by atoms with Crippen molar-refractivity contribution in [3.05, 3.63) is 47.1 Å². The van der Waals surface area contributed by atoms with Crippen molar-refractivity contribution in [2.24, 2.45) is 0 Å². The van der Waals surface area contributed by atoms with Gasteiger partial charge in [-0.2, -0.15) is 0 Å². The first-order chi connectivity index (χ1) is 7.68. The summed E-state index contributed by atoms with van der Waals surface area (Å²) in [4.78, 5) is 4.01. The lowest BCUT2D eigenvalue weighted by Crippen LogP contribution is -1.90. The maximum absolute atomic E-state index is 9.51. The molecule has 0 aliphatic carbocycles. The van der Waals surface area contributed by atoms with Gasteiger partial charge in [0.05, 0.1) is 0 Å². The van der Waals surface area contributed by atoms with Crippen LogP contribution in [0.1, 0.15) is 5.56 Å².